The summed E-state index contributed by atoms with van der Waals surface area (Å²) in [4.78, 5) is 20.4. The maximum Gasteiger partial charge on any atom is 0.303 e. The lowest BCUT2D eigenvalue weighted by molar-refractivity contribution is -0.137. The van der Waals surface area contributed by atoms with Crippen molar-refractivity contribution >= 4 is 11.9 Å². The molecule has 70 valence electrons. The van der Waals surface area contributed by atoms with Crippen LogP contribution in [0.5, 0.6) is 0 Å². The van der Waals surface area contributed by atoms with Crippen molar-refractivity contribution in [3.05, 3.63) is 0 Å². The second-order valence-electron chi connectivity index (χ2n) is 2.70. The average molecular weight is 174 g/mol. The van der Waals surface area contributed by atoms with E-state index in [1.165, 1.54) is 0 Å². The lowest BCUT2D eigenvalue weighted by Crippen LogP contribution is -2.23. The normalized spacial score (nSPS) is 12.4. The minimum absolute atomic E-state index is 0.0416. The van der Waals surface area contributed by atoms with E-state index in [-0.39, 0.29) is 18.9 Å². The summed E-state index contributed by atoms with van der Waals surface area (Å²) >= 11 is 0. The molecule has 5 N–H and O–H groups in total. The second kappa shape index (κ2) is 5.54. The number of rotatable bonds is 6. The first-order valence-electron chi connectivity index (χ1n) is 3.78. The quantitative estimate of drug-likeness (QED) is 0.502. The molecule has 0 aromatic carbocycles. The Morgan fingerprint density at radius 3 is 2.17 bits per heavy atom. The third-order valence-corrected chi connectivity index (χ3v) is 1.49. The van der Waals surface area contributed by atoms with Crippen molar-refractivity contribution in [1.29, 1.82) is 0 Å². The van der Waals surface area contributed by atoms with E-state index in [0.717, 1.165) is 0 Å². The molecule has 5 heteroatoms. The van der Waals surface area contributed by atoms with E-state index in [1.54, 1.807) is 0 Å². The van der Waals surface area contributed by atoms with Crippen molar-refractivity contribution in [1.82, 2.24) is 0 Å². The summed E-state index contributed by atoms with van der Waals surface area (Å²) in [6, 6.07) is -0.242. The predicted molar refractivity (Wildman–Crippen MR) is 43.3 cm³/mol. The van der Waals surface area contributed by atoms with Gasteiger partial charge in [-0.15, -0.1) is 0 Å². The van der Waals surface area contributed by atoms with E-state index >= 15 is 0 Å². The topological polar surface area (TPSA) is 106 Å². The van der Waals surface area contributed by atoms with Gasteiger partial charge < -0.3 is 16.6 Å². The van der Waals surface area contributed by atoms with E-state index in [9.17, 15) is 9.59 Å². The fourth-order valence-corrected chi connectivity index (χ4v) is 0.781. The molecule has 0 aliphatic rings. The zero-order chi connectivity index (χ0) is 9.56. The van der Waals surface area contributed by atoms with Crippen molar-refractivity contribution in [2.75, 3.05) is 0 Å². The number of hydrogen-bond donors (Lipinski definition) is 3. The Hall–Kier alpha value is -1.10. The molecular formula is C7H14N2O3. The summed E-state index contributed by atoms with van der Waals surface area (Å²) in [5, 5.41) is 8.29. The van der Waals surface area contributed by atoms with Crippen molar-refractivity contribution in [2.24, 2.45) is 11.5 Å². The zero-order valence-electron chi connectivity index (χ0n) is 6.82. The molecule has 0 heterocycles. The Bertz CT molecular complexity index is 152. The van der Waals surface area contributed by atoms with Crippen LogP contribution in [0.15, 0.2) is 0 Å². The summed E-state index contributed by atoms with van der Waals surface area (Å²) in [6.45, 7) is 0. The number of aliphatic carboxylic acids is 1. The van der Waals surface area contributed by atoms with Gasteiger partial charge in [-0.2, -0.15) is 0 Å². The first-order valence-corrected chi connectivity index (χ1v) is 3.78. The highest BCUT2D eigenvalue weighted by molar-refractivity contribution is 5.73. The average Bonchev–Trinajstić information content (AvgIpc) is 1.96. The Balaban J connectivity index is 3.39. The Morgan fingerprint density at radius 1 is 1.25 bits per heavy atom. The summed E-state index contributed by atoms with van der Waals surface area (Å²) in [5.41, 5.74) is 10.4. The molecule has 5 nitrogen and oxygen atoms in total. The van der Waals surface area contributed by atoms with Crippen LogP contribution in [-0.2, 0) is 9.59 Å². The predicted octanol–water partition coefficient (Wildman–Crippen LogP) is -0.556. The van der Waals surface area contributed by atoms with Crippen LogP contribution in [0.1, 0.15) is 25.7 Å². The Morgan fingerprint density at radius 2 is 1.75 bits per heavy atom. The molecule has 0 spiro atoms. The van der Waals surface area contributed by atoms with Gasteiger partial charge in [-0.25, -0.2) is 0 Å². The number of amides is 1. The number of carboxylic acids is 1. The maximum absolute atomic E-state index is 10.3. The highest BCUT2D eigenvalue weighted by atomic mass is 16.4. The molecule has 0 aliphatic heterocycles. The fourth-order valence-electron chi connectivity index (χ4n) is 0.781. The van der Waals surface area contributed by atoms with Crippen LogP contribution in [0.25, 0.3) is 0 Å². The highest BCUT2D eigenvalue weighted by Gasteiger charge is 2.06. The standard InChI is InChI=1S/C7H14N2O3/c8-5(1-3-6(9)10)2-4-7(11)12/h5H,1-4,8H2,(H2,9,10)(H,11,12)/t5-/m0/s1. The van der Waals surface area contributed by atoms with E-state index in [4.69, 9.17) is 16.6 Å². The number of carboxylic acid groups (broad SMARTS) is 1. The molecule has 0 rings (SSSR count). The second-order valence-corrected chi connectivity index (χ2v) is 2.70. The van der Waals surface area contributed by atoms with Gasteiger partial charge in [-0.1, -0.05) is 0 Å². The van der Waals surface area contributed by atoms with E-state index in [1.807, 2.05) is 0 Å². The Labute approximate surface area is 70.7 Å². The zero-order valence-corrected chi connectivity index (χ0v) is 6.82. The summed E-state index contributed by atoms with van der Waals surface area (Å²) in [6.07, 6.45) is 1.12. The molecule has 0 aliphatic carbocycles. The van der Waals surface area contributed by atoms with E-state index < -0.39 is 11.9 Å². The van der Waals surface area contributed by atoms with Crippen LogP contribution in [0, 0.1) is 0 Å². The van der Waals surface area contributed by atoms with Gasteiger partial charge in [-0.3, -0.25) is 9.59 Å². The minimum atomic E-state index is -0.871. The van der Waals surface area contributed by atoms with Crippen LogP contribution < -0.4 is 11.5 Å². The first kappa shape index (κ1) is 10.9. The van der Waals surface area contributed by atoms with Crippen LogP contribution in [0.3, 0.4) is 0 Å². The number of carbonyl (C=O) groups is 2. The van der Waals surface area contributed by atoms with Crippen LogP contribution in [-0.4, -0.2) is 23.0 Å². The van der Waals surface area contributed by atoms with E-state index in [0.29, 0.717) is 12.8 Å². The van der Waals surface area contributed by atoms with Gasteiger partial charge >= 0.3 is 5.97 Å². The smallest absolute Gasteiger partial charge is 0.303 e. The molecular weight excluding hydrogens is 160 g/mol. The highest BCUT2D eigenvalue weighted by Crippen LogP contribution is 2.01. The van der Waals surface area contributed by atoms with Crippen LogP contribution in [0.2, 0.25) is 0 Å². The Kier molecular flexibility index (Phi) is 5.03. The molecule has 0 aromatic rings. The number of nitrogens with two attached hydrogens (primary N) is 2. The summed E-state index contributed by atoms with van der Waals surface area (Å²) in [5.74, 6) is -1.27. The van der Waals surface area contributed by atoms with Crippen molar-refractivity contribution in [3.63, 3.8) is 0 Å². The molecule has 0 radical (unpaired) electrons. The lowest BCUT2D eigenvalue weighted by atomic mass is 10.1. The molecule has 0 unspecified atom stereocenters. The SMILES string of the molecule is NC(=O)CC[C@H](N)CCC(=O)O. The van der Waals surface area contributed by atoms with Crippen molar-refractivity contribution < 1.29 is 14.7 Å². The largest absolute Gasteiger partial charge is 0.481 e. The minimum Gasteiger partial charge on any atom is -0.481 e. The van der Waals surface area contributed by atoms with Gasteiger partial charge in [0.15, 0.2) is 0 Å². The monoisotopic (exact) mass is 174 g/mol. The van der Waals surface area contributed by atoms with E-state index in [2.05, 4.69) is 0 Å². The van der Waals surface area contributed by atoms with Crippen molar-refractivity contribution in [2.45, 2.75) is 31.7 Å². The summed E-state index contributed by atoms with van der Waals surface area (Å²) < 4.78 is 0. The molecule has 1 atom stereocenters. The van der Waals surface area contributed by atoms with Crippen molar-refractivity contribution in [3.8, 4) is 0 Å². The van der Waals surface area contributed by atoms with Gasteiger partial charge in [0.25, 0.3) is 0 Å². The number of hydrogen-bond acceptors (Lipinski definition) is 3. The molecule has 0 aromatic heterocycles. The third kappa shape index (κ3) is 7.01. The number of primary amides is 1. The van der Waals surface area contributed by atoms with Crippen LogP contribution in [0.4, 0.5) is 0 Å². The molecule has 0 bridgehead atoms. The molecule has 0 saturated carbocycles. The van der Waals surface area contributed by atoms with Crippen LogP contribution >= 0.6 is 0 Å². The van der Waals surface area contributed by atoms with Gasteiger partial charge in [0.1, 0.15) is 0 Å². The molecule has 0 saturated heterocycles. The molecule has 0 fully saturated rings. The first-order chi connectivity index (χ1) is 5.52. The molecule has 1 amide bonds. The molecule has 12 heavy (non-hydrogen) atoms. The third-order valence-electron chi connectivity index (χ3n) is 1.49. The number of carbonyl (C=O) groups excluding carboxylic acids is 1. The summed E-state index contributed by atoms with van der Waals surface area (Å²) in [7, 11) is 0. The van der Waals surface area contributed by atoms with Gasteiger partial charge in [0.2, 0.25) is 5.91 Å². The van der Waals surface area contributed by atoms with Gasteiger partial charge in [0.05, 0.1) is 0 Å². The lowest BCUT2D eigenvalue weighted by Gasteiger charge is -2.07. The van der Waals surface area contributed by atoms with Gasteiger partial charge in [-0.05, 0) is 12.8 Å². The van der Waals surface area contributed by atoms with Gasteiger partial charge in [0, 0.05) is 18.9 Å². The fraction of sp³-hybridized carbons (Fsp3) is 0.714. The maximum atomic E-state index is 10.3.